The zero-order valence-corrected chi connectivity index (χ0v) is 15.8. The van der Waals surface area contributed by atoms with Crippen molar-refractivity contribution < 1.29 is 23.3 Å². The van der Waals surface area contributed by atoms with Crippen LogP contribution < -0.4 is 24.3 Å². The molecule has 0 aliphatic rings. The number of methoxy groups -OCH3 is 4. The van der Waals surface area contributed by atoms with Gasteiger partial charge in [0.25, 0.3) is 0 Å². The Morgan fingerprint density at radius 1 is 0.929 bits per heavy atom. The van der Waals surface area contributed by atoms with E-state index >= 15 is 0 Å². The number of hydrogen-bond donors (Lipinski definition) is 1. The van der Waals surface area contributed by atoms with Gasteiger partial charge in [0.05, 0.1) is 45.2 Å². The number of pyridine rings is 1. The number of halogens is 1. The van der Waals surface area contributed by atoms with Crippen LogP contribution in [0.25, 0.3) is 10.9 Å². The number of anilines is 2. The molecule has 7 nitrogen and oxygen atoms in total. The molecule has 0 aliphatic carbocycles. The number of fused-ring (bicyclic) bond motifs is 1. The van der Waals surface area contributed by atoms with E-state index in [0.29, 0.717) is 39.5 Å². The summed E-state index contributed by atoms with van der Waals surface area (Å²) < 4.78 is 35.2. The lowest BCUT2D eigenvalue weighted by Gasteiger charge is -2.17. The first-order chi connectivity index (χ1) is 13.6. The fourth-order valence-electron chi connectivity index (χ4n) is 2.87. The van der Waals surface area contributed by atoms with Gasteiger partial charge in [0, 0.05) is 35.5 Å². The Kier molecular flexibility index (Phi) is 5.36. The third-order valence-corrected chi connectivity index (χ3v) is 4.20. The van der Waals surface area contributed by atoms with Gasteiger partial charge < -0.3 is 24.3 Å². The number of benzene rings is 2. The van der Waals surface area contributed by atoms with Crippen molar-refractivity contribution in [1.82, 2.24) is 4.98 Å². The van der Waals surface area contributed by atoms with Gasteiger partial charge in [-0.05, 0) is 6.07 Å². The first-order valence-electron chi connectivity index (χ1n) is 8.19. The van der Waals surface area contributed by atoms with Gasteiger partial charge in [-0.1, -0.05) is 0 Å². The average molecular weight is 383 g/mol. The minimum absolute atomic E-state index is 0.0531. The summed E-state index contributed by atoms with van der Waals surface area (Å²) in [7, 11) is 5.91. The van der Waals surface area contributed by atoms with Crippen molar-refractivity contribution in [3.63, 3.8) is 0 Å². The Morgan fingerprint density at radius 2 is 1.57 bits per heavy atom. The number of nitrogens with one attached hydrogen (secondary N) is 1. The van der Waals surface area contributed by atoms with Gasteiger partial charge >= 0.3 is 0 Å². The Hall–Kier alpha value is -3.73. The van der Waals surface area contributed by atoms with Crippen LogP contribution in [0.1, 0.15) is 5.56 Å². The topological polar surface area (TPSA) is 85.6 Å². The molecule has 0 amide bonds. The lowest BCUT2D eigenvalue weighted by molar-refractivity contribution is 0.324. The van der Waals surface area contributed by atoms with E-state index in [9.17, 15) is 9.65 Å². The third-order valence-electron chi connectivity index (χ3n) is 4.20. The Labute approximate surface area is 161 Å². The molecule has 1 aromatic heterocycles. The molecule has 0 spiro atoms. The van der Waals surface area contributed by atoms with E-state index in [2.05, 4.69) is 16.4 Å². The highest BCUT2D eigenvalue weighted by Gasteiger charge is 2.17. The molecule has 28 heavy (non-hydrogen) atoms. The number of hydrogen-bond acceptors (Lipinski definition) is 7. The lowest BCUT2D eigenvalue weighted by Crippen LogP contribution is -2.01. The monoisotopic (exact) mass is 383 g/mol. The summed E-state index contributed by atoms with van der Waals surface area (Å²) in [5, 5.41) is 13.2. The van der Waals surface area contributed by atoms with E-state index in [-0.39, 0.29) is 11.3 Å². The predicted octanol–water partition coefficient (Wildman–Crippen LogP) is 4.02. The Morgan fingerprint density at radius 3 is 2.11 bits per heavy atom. The molecule has 0 atom stereocenters. The molecule has 3 rings (SSSR count). The molecule has 1 heterocycles. The fourth-order valence-corrected chi connectivity index (χ4v) is 2.87. The summed E-state index contributed by atoms with van der Waals surface area (Å²) in [6.45, 7) is 0. The SMILES string of the molecule is COc1cc2c(Nc3cc(OC)c(OC)c(OC)c3)c(C#N)cnc2cc1F. The molecule has 144 valence electrons. The molecule has 0 saturated carbocycles. The van der Waals surface area contributed by atoms with Gasteiger partial charge in [0.1, 0.15) is 6.07 Å². The maximum atomic E-state index is 14.0. The van der Waals surface area contributed by atoms with Crippen molar-refractivity contribution >= 4 is 22.3 Å². The van der Waals surface area contributed by atoms with E-state index in [1.54, 1.807) is 12.1 Å². The van der Waals surface area contributed by atoms with Crippen LogP contribution in [0, 0.1) is 17.1 Å². The van der Waals surface area contributed by atoms with Crippen LogP contribution in [0.5, 0.6) is 23.0 Å². The zero-order valence-electron chi connectivity index (χ0n) is 15.8. The number of nitrogens with zero attached hydrogens (tertiary/aromatic N) is 2. The summed E-state index contributed by atoms with van der Waals surface area (Å²) in [5.41, 5.74) is 1.71. The summed E-state index contributed by atoms with van der Waals surface area (Å²) in [6.07, 6.45) is 1.38. The van der Waals surface area contributed by atoms with Gasteiger partial charge in [0.15, 0.2) is 23.1 Å². The van der Waals surface area contributed by atoms with Crippen LogP contribution in [0.4, 0.5) is 15.8 Å². The Balaban J connectivity index is 2.20. The van der Waals surface area contributed by atoms with E-state index in [1.165, 1.54) is 46.8 Å². The van der Waals surface area contributed by atoms with E-state index in [0.717, 1.165) is 0 Å². The van der Waals surface area contributed by atoms with Crippen molar-refractivity contribution in [3.8, 4) is 29.1 Å². The van der Waals surface area contributed by atoms with Crippen molar-refractivity contribution in [2.45, 2.75) is 0 Å². The molecule has 3 aromatic rings. The normalized spacial score (nSPS) is 10.3. The number of nitriles is 1. The van der Waals surface area contributed by atoms with E-state index in [1.807, 2.05) is 0 Å². The van der Waals surface area contributed by atoms with Crippen LogP contribution in [0.2, 0.25) is 0 Å². The molecule has 0 fully saturated rings. The number of ether oxygens (including phenoxy) is 4. The number of rotatable bonds is 6. The molecular formula is C20H18FN3O4. The highest BCUT2D eigenvalue weighted by Crippen LogP contribution is 2.41. The van der Waals surface area contributed by atoms with Crippen LogP contribution >= 0.6 is 0 Å². The van der Waals surface area contributed by atoms with E-state index in [4.69, 9.17) is 18.9 Å². The molecule has 8 heteroatoms. The summed E-state index contributed by atoms with van der Waals surface area (Å²) >= 11 is 0. The second-order valence-electron chi connectivity index (χ2n) is 5.70. The highest BCUT2D eigenvalue weighted by molar-refractivity contribution is 5.96. The fraction of sp³-hybridized carbons (Fsp3) is 0.200. The molecule has 0 bridgehead atoms. The van der Waals surface area contributed by atoms with Gasteiger partial charge in [0.2, 0.25) is 5.75 Å². The van der Waals surface area contributed by atoms with Crippen molar-refractivity contribution in [3.05, 3.63) is 41.8 Å². The van der Waals surface area contributed by atoms with Crippen LogP contribution in [-0.2, 0) is 0 Å². The quantitative estimate of drug-likeness (QED) is 0.688. The van der Waals surface area contributed by atoms with E-state index < -0.39 is 5.82 Å². The molecule has 0 radical (unpaired) electrons. The van der Waals surface area contributed by atoms with Gasteiger partial charge in [-0.2, -0.15) is 5.26 Å². The van der Waals surface area contributed by atoms with Crippen LogP contribution in [0.15, 0.2) is 30.5 Å². The largest absolute Gasteiger partial charge is 0.494 e. The smallest absolute Gasteiger partial charge is 0.203 e. The van der Waals surface area contributed by atoms with Crippen molar-refractivity contribution in [2.24, 2.45) is 0 Å². The van der Waals surface area contributed by atoms with Gasteiger partial charge in [-0.15, -0.1) is 0 Å². The highest BCUT2D eigenvalue weighted by atomic mass is 19.1. The van der Waals surface area contributed by atoms with Gasteiger partial charge in [-0.3, -0.25) is 4.98 Å². The lowest BCUT2D eigenvalue weighted by atomic mass is 10.1. The third kappa shape index (κ3) is 3.30. The molecule has 2 aromatic carbocycles. The van der Waals surface area contributed by atoms with Crippen LogP contribution in [0.3, 0.4) is 0 Å². The van der Waals surface area contributed by atoms with Crippen LogP contribution in [-0.4, -0.2) is 33.4 Å². The second kappa shape index (κ2) is 7.88. The number of aromatic nitrogens is 1. The average Bonchev–Trinajstić information content (AvgIpc) is 2.72. The predicted molar refractivity (Wildman–Crippen MR) is 102 cm³/mol. The molecule has 0 saturated heterocycles. The first kappa shape index (κ1) is 19.0. The maximum absolute atomic E-state index is 14.0. The van der Waals surface area contributed by atoms with Crippen molar-refractivity contribution in [1.29, 1.82) is 5.26 Å². The maximum Gasteiger partial charge on any atom is 0.203 e. The summed E-state index contributed by atoms with van der Waals surface area (Å²) in [4.78, 5) is 4.16. The molecular weight excluding hydrogens is 365 g/mol. The summed E-state index contributed by atoms with van der Waals surface area (Å²) in [6, 6.07) is 8.26. The zero-order chi connectivity index (χ0) is 20.3. The Bertz CT molecular complexity index is 1050. The molecule has 1 N–H and O–H groups in total. The molecule has 0 unspecified atom stereocenters. The summed E-state index contributed by atoms with van der Waals surface area (Å²) in [5.74, 6) is 0.859. The standard InChI is InChI=1S/C20H18FN3O4/c1-25-16-7-13-15(8-14(16)21)23-10-11(9-22)19(13)24-12-5-17(26-2)20(28-4)18(6-12)27-3/h5-8,10H,1-4H3,(H,23,24). The first-order valence-corrected chi connectivity index (χ1v) is 8.19. The minimum Gasteiger partial charge on any atom is -0.494 e. The molecule has 0 aliphatic heterocycles. The second-order valence-corrected chi connectivity index (χ2v) is 5.70. The van der Waals surface area contributed by atoms with Gasteiger partial charge in [-0.25, -0.2) is 4.39 Å². The van der Waals surface area contributed by atoms with Crippen molar-refractivity contribution in [2.75, 3.05) is 33.8 Å². The minimum atomic E-state index is -0.536.